The Morgan fingerprint density at radius 2 is 2.00 bits per heavy atom. The number of fused-ring (bicyclic) bond motifs is 1. The standard InChI is InChI=1S/C18H15N3OS2/c19-10-15-14(16-7-4-8-23-16)9-17(22)21-11-20(12-24-18(15)21)13-5-2-1-3-6-13/h1-8,14H,9,11-12H2/t14-/m0/s1. The maximum Gasteiger partial charge on any atom is 0.229 e. The van der Waals surface area contributed by atoms with E-state index >= 15 is 0 Å². The van der Waals surface area contributed by atoms with Crippen LogP contribution in [0.5, 0.6) is 0 Å². The third-order valence-corrected chi connectivity index (χ3v) is 6.44. The first-order valence-corrected chi connectivity index (χ1v) is 9.55. The average molecular weight is 353 g/mol. The van der Waals surface area contributed by atoms with Crippen LogP contribution < -0.4 is 4.90 Å². The van der Waals surface area contributed by atoms with Gasteiger partial charge < -0.3 is 4.90 Å². The summed E-state index contributed by atoms with van der Waals surface area (Å²) < 4.78 is 0. The molecule has 6 heteroatoms. The lowest BCUT2D eigenvalue weighted by Gasteiger charge is -2.41. The number of hydrogen-bond donors (Lipinski definition) is 0. The van der Waals surface area contributed by atoms with Crippen molar-refractivity contribution >= 4 is 34.7 Å². The summed E-state index contributed by atoms with van der Waals surface area (Å²) in [7, 11) is 0. The molecule has 1 aromatic heterocycles. The molecule has 4 rings (SSSR count). The molecule has 0 unspecified atom stereocenters. The molecule has 24 heavy (non-hydrogen) atoms. The van der Waals surface area contributed by atoms with Gasteiger partial charge in [-0.15, -0.1) is 11.3 Å². The first-order chi connectivity index (χ1) is 11.8. The molecule has 1 aromatic carbocycles. The molecule has 3 heterocycles. The molecule has 0 aliphatic carbocycles. The van der Waals surface area contributed by atoms with Gasteiger partial charge in [0.2, 0.25) is 5.91 Å². The van der Waals surface area contributed by atoms with Crippen molar-refractivity contribution in [3.8, 4) is 6.07 Å². The molecule has 1 atom stereocenters. The van der Waals surface area contributed by atoms with Crippen LogP contribution in [0.3, 0.4) is 0 Å². The minimum Gasteiger partial charge on any atom is -0.344 e. The number of amides is 1. The van der Waals surface area contributed by atoms with Gasteiger partial charge in [-0.2, -0.15) is 5.26 Å². The number of thiophene rings is 1. The molecule has 1 saturated heterocycles. The van der Waals surface area contributed by atoms with Crippen LogP contribution in [0.4, 0.5) is 5.69 Å². The Balaban J connectivity index is 1.67. The van der Waals surface area contributed by atoms with Crippen LogP contribution in [0.1, 0.15) is 17.2 Å². The predicted octanol–water partition coefficient (Wildman–Crippen LogP) is 3.97. The largest absolute Gasteiger partial charge is 0.344 e. The zero-order chi connectivity index (χ0) is 16.5. The van der Waals surface area contributed by atoms with Crippen molar-refractivity contribution in [3.63, 3.8) is 0 Å². The minimum atomic E-state index is -0.0930. The molecule has 1 fully saturated rings. The number of allylic oxidation sites excluding steroid dienone is 1. The maximum absolute atomic E-state index is 12.7. The monoisotopic (exact) mass is 353 g/mol. The summed E-state index contributed by atoms with van der Waals surface area (Å²) in [5.74, 6) is 0.742. The fourth-order valence-corrected chi connectivity index (χ4v) is 5.10. The quantitative estimate of drug-likeness (QED) is 0.820. The molecule has 1 amide bonds. The molecule has 2 aliphatic rings. The van der Waals surface area contributed by atoms with Gasteiger partial charge in [0.25, 0.3) is 0 Å². The highest BCUT2D eigenvalue weighted by Gasteiger charge is 2.38. The van der Waals surface area contributed by atoms with Gasteiger partial charge in [0.05, 0.1) is 29.2 Å². The van der Waals surface area contributed by atoms with Crippen LogP contribution in [0.2, 0.25) is 0 Å². The lowest BCUT2D eigenvalue weighted by atomic mass is 9.92. The Bertz CT molecular complexity index is 824. The fraction of sp³-hybridized carbons (Fsp3) is 0.222. The van der Waals surface area contributed by atoms with E-state index in [2.05, 4.69) is 11.0 Å². The summed E-state index contributed by atoms with van der Waals surface area (Å²) in [5.41, 5.74) is 1.82. The smallest absolute Gasteiger partial charge is 0.229 e. The van der Waals surface area contributed by atoms with Gasteiger partial charge >= 0.3 is 0 Å². The van der Waals surface area contributed by atoms with Crippen molar-refractivity contribution in [2.75, 3.05) is 17.4 Å². The van der Waals surface area contributed by atoms with E-state index in [1.165, 1.54) is 0 Å². The number of carbonyl (C=O) groups is 1. The maximum atomic E-state index is 12.7. The summed E-state index contributed by atoms with van der Waals surface area (Å²) in [6.45, 7) is 0.507. The molecule has 0 spiro atoms. The van der Waals surface area contributed by atoms with E-state index in [1.807, 2.05) is 47.8 Å². The van der Waals surface area contributed by atoms with Gasteiger partial charge in [0.15, 0.2) is 0 Å². The molecule has 4 nitrogen and oxygen atoms in total. The Kier molecular flexibility index (Phi) is 4.05. The third kappa shape index (κ3) is 2.60. The van der Waals surface area contributed by atoms with Crippen LogP contribution in [0.15, 0.2) is 58.4 Å². The van der Waals surface area contributed by atoms with E-state index in [4.69, 9.17) is 0 Å². The Morgan fingerprint density at radius 3 is 2.71 bits per heavy atom. The number of nitriles is 1. The molecule has 0 bridgehead atoms. The number of rotatable bonds is 2. The van der Waals surface area contributed by atoms with Gasteiger partial charge in [-0.3, -0.25) is 9.69 Å². The first-order valence-electron chi connectivity index (χ1n) is 7.69. The summed E-state index contributed by atoms with van der Waals surface area (Å²) in [6.07, 6.45) is 0.371. The van der Waals surface area contributed by atoms with Crippen LogP contribution in [0.25, 0.3) is 0 Å². The summed E-state index contributed by atoms with van der Waals surface area (Å²) in [5, 5.41) is 12.5. The Morgan fingerprint density at radius 1 is 1.17 bits per heavy atom. The molecular weight excluding hydrogens is 338 g/mol. The SMILES string of the molecule is N#CC1=C2SCN(c3ccccc3)CN2C(=O)C[C@@H]1c1cccs1. The van der Waals surface area contributed by atoms with Crippen molar-refractivity contribution < 1.29 is 4.79 Å². The number of anilines is 1. The normalized spacial score (nSPS) is 20.8. The average Bonchev–Trinajstić information content (AvgIpc) is 3.16. The number of para-hydroxylation sites is 1. The van der Waals surface area contributed by atoms with E-state index in [0.717, 1.165) is 27.0 Å². The fourth-order valence-electron chi connectivity index (χ4n) is 3.10. The second kappa shape index (κ2) is 6.34. The zero-order valence-corrected chi connectivity index (χ0v) is 14.5. The summed E-state index contributed by atoms with van der Waals surface area (Å²) in [6, 6.07) is 16.4. The first kappa shape index (κ1) is 15.3. The summed E-state index contributed by atoms with van der Waals surface area (Å²) >= 11 is 3.19. The van der Waals surface area contributed by atoms with E-state index in [1.54, 1.807) is 28.0 Å². The molecule has 120 valence electrons. The number of carbonyl (C=O) groups excluding carboxylic acids is 1. The summed E-state index contributed by atoms with van der Waals surface area (Å²) in [4.78, 5) is 17.7. The molecule has 2 aliphatic heterocycles. The van der Waals surface area contributed by atoms with Crippen molar-refractivity contribution in [1.29, 1.82) is 5.26 Å². The third-order valence-electron chi connectivity index (χ3n) is 4.30. The molecule has 0 N–H and O–H groups in total. The lowest BCUT2D eigenvalue weighted by molar-refractivity contribution is -0.129. The van der Waals surface area contributed by atoms with Gasteiger partial charge in [0.1, 0.15) is 0 Å². The van der Waals surface area contributed by atoms with Crippen molar-refractivity contribution in [2.24, 2.45) is 0 Å². The Hall–Kier alpha value is -2.23. The minimum absolute atomic E-state index is 0.0930. The highest BCUT2D eigenvalue weighted by Crippen LogP contribution is 2.44. The highest BCUT2D eigenvalue weighted by molar-refractivity contribution is 8.03. The van der Waals surface area contributed by atoms with Gasteiger partial charge in [-0.1, -0.05) is 36.0 Å². The molecule has 0 radical (unpaired) electrons. The molecule has 0 saturated carbocycles. The van der Waals surface area contributed by atoms with E-state index in [9.17, 15) is 10.1 Å². The van der Waals surface area contributed by atoms with Gasteiger partial charge in [-0.05, 0) is 23.6 Å². The van der Waals surface area contributed by atoms with Crippen LogP contribution in [-0.2, 0) is 4.79 Å². The highest BCUT2D eigenvalue weighted by atomic mass is 32.2. The number of thioether (sulfide) groups is 1. The van der Waals surface area contributed by atoms with Crippen molar-refractivity contribution in [3.05, 3.63) is 63.3 Å². The number of nitrogens with zero attached hydrogens (tertiary/aromatic N) is 3. The number of benzene rings is 1. The zero-order valence-electron chi connectivity index (χ0n) is 12.9. The second-order valence-corrected chi connectivity index (χ2v) is 7.63. The molecule has 2 aromatic rings. The van der Waals surface area contributed by atoms with E-state index in [0.29, 0.717) is 13.1 Å². The lowest BCUT2D eigenvalue weighted by Crippen LogP contribution is -2.47. The van der Waals surface area contributed by atoms with Crippen LogP contribution >= 0.6 is 23.1 Å². The van der Waals surface area contributed by atoms with E-state index < -0.39 is 0 Å². The Labute approximate surface area is 149 Å². The van der Waals surface area contributed by atoms with Gasteiger partial charge in [0, 0.05) is 22.9 Å². The topological polar surface area (TPSA) is 47.3 Å². The second-order valence-electron chi connectivity index (χ2n) is 5.71. The molecular formula is C18H15N3OS2. The van der Waals surface area contributed by atoms with Crippen LogP contribution in [-0.4, -0.2) is 23.4 Å². The predicted molar refractivity (Wildman–Crippen MR) is 97.4 cm³/mol. The van der Waals surface area contributed by atoms with E-state index in [-0.39, 0.29) is 11.8 Å². The number of hydrogen-bond acceptors (Lipinski definition) is 5. The van der Waals surface area contributed by atoms with Crippen molar-refractivity contribution in [2.45, 2.75) is 12.3 Å². The van der Waals surface area contributed by atoms with Crippen LogP contribution in [0, 0.1) is 11.3 Å². The van der Waals surface area contributed by atoms with Gasteiger partial charge in [-0.25, -0.2) is 0 Å². The van der Waals surface area contributed by atoms with Crippen molar-refractivity contribution in [1.82, 2.24) is 4.90 Å².